The number of methoxy groups -OCH3 is 1. The second kappa shape index (κ2) is 5.78. The van der Waals surface area contributed by atoms with Crippen LogP contribution in [0.3, 0.4) is 0 Å². The average Bonchev–Trinajstić information content (AvgIpc) is 2.78. The van der Waals surface area contributed by atoms with Crippen molar-refractivity contribution in [2.24, 2.45) is 0 Å². The Morgan fingerprint density at radius 1 is 1.38 bits per heavy atom. The molecule has 0 aliphatic heterocycles. The third-order valence-electron chi connectivity index (χ3n) is 2.56. The van der Waals surface area contributed by atoms with E-state index >= 15 is 0 Å². The Balaban J connectivity index is 2.28. The largest absolute Gasteiger partial charge is 0.467 e. The second-order valence-corrected chi connectivity index (χ2v) is 7.25. The van der Waals surface area contributed by atoms with E-state index in [9.17, 15) is 13.2 Å². The molecule has 2 aromatic rings. The normalized spacial score (nSPS) is 11.2. The van der Waals surface area contributed by atoms with Gasteiger partial charge in [0.25, 0.3) is 15.9 Å². The molecule has 9 heteroatoms. The molecule has 7 nitrogen and oxygen atoms in total. The molecule has 0 atom stereocenters. The third kappa shape index (κ3) is 3.37. The van der Waals surface area contributed by atoms with Crippen LogP contribution in [-0.4, -0.2) is 31.4 Å². The number of carbonyl (C=O) groups excluding carboxylic acids is 1. The maximum absolute atomic E-state index is 12.2. The first-order valence-corrected chi connectivity index (χ1v) is 8.14. The smallest absolute Gasteiger partial charge is 0.316 e. The summed E-state index contributed by atoms with van der Waals surface area (Å²) in [5.41, 5.74) is -0.0879. The summed E-state index contributed by atoms with van der Waals surface area (Å²) in [4.78, 5) is 21.1. The van der Waals surface area contributed by atoms with Crippen LogP contribution in [0.25, 0.3) is 0 Å². The quantitative estimate of drug-likeness (QED) is 0.908. The highest BCUT2D eigenvalue weighted by Crippen LogP contribution is 2.24. The van der Waals surface area contributed by atoms with Gasteiger partial charge in [-0.15, -0.1) is 11.3 Å². The zero-order chi connectivity index (χ0) is 15.6. The van der Waals surface area contributed by atoms with Crippen LogP contribution >= 0.6 is 11.3 Å². The highest BCUT2D eigenvalue weighted by molar-refractivity contribution is 7.90. The molecule has 2 aromatic heterocycles. The fourth-order valence-corrected chi connectivity index (χ4v) is 4.19. The van der Waals surface area contributed by atoms with Gasteiger partial charge in [0.05, 0.1) is 7.11 Å². The van der Waals surface area contributed by atoms with Crippen LogP contribution < -0.4 is 9.46 Å². The molecule has 0 fully saturated rings. The van der Waals surface area contributed by atoms with Crippen LogP contribution in [0.4, 0.5) is 0 Å². The van der Waals surface area contributed by atoms with Gasteiger partial charge in [0.15, 0.2) is 0 Å². The molecular weight excluding hydrogens is 314 g/mol. The number of ether oxygens (including phenoxy) is 1. The Morgan fingerprint density at radius 3 is 2.67 bits per heavy atom. The monoisotopic (exact) mass is 327 g/mol. The number of aromatic nitrogens is 2. The fraction of sp³-hybridized carbons (Fsp3) is 0.250. The molecule has 112 valence electrons. The number of amides is 1. The summed E-state index contributed by atoms with van der Waals surface area (Å²) in [5.74, 6) is -0.834. The Labute approximate surface area is 126 Å². The molecule has 0 saturated heterocycles. The Kier molecular flexibility index (Phi) is 4.24. The van der Waals surface area contributed by atoms with E-state index in [1.54, 1.807) is 13.8 Å². The van der Waals surface area contributed by atoms with E-state index in [-0.39, 0.29) is 16.6 Å². The SMILES string of the molecule is COc1nccc(C(=O)NS(=O)(=O)c2cc(C)sc2C)n1. The van der Waals surface area contributed by atoms with E-state index in [4.69, 9.17) is 4.74 Å². The van der Waals surface area contributed by atoms with Crippen LogP contribution in [0, 0.1) is 13.8 Å². The summed E-state index contributed by atoms with van der Waals surface area (Å²) in [6.45, 7) is 3.48. The van der Waals surface area contributed by atoms with Gasteiger partial charge >= 0.3 is 6.01 Å². The average molecular weight is 327 g/mol. The molecule has 0 aromatic carbocycles. The minimum Gasteiger partial charge on any atom is -0.467 e. The first-order chi connectivity index (χ1) is 9.83. The predicted molar refractivity (Wildman–Crippen MR) is 77.0 cm³/mol. The van der Waals surface area contributed by atoms with Crippen molar-refractivity contribution in [3.05, 3.63) is 33.8 Å². The summed E-state index contributed by atoms with van der Waals surface area (Å²) in [6.07, 6.45) is 1.31. The van der Waals surface area contributed by atoms with Crippen molar-refractivity contribution in [2.45, 2.75) is 18.7 Å². The standard InChI is InChI=1S/C12H13N3O4S2/c1-7-6-10(8(2)20-7)21(17,18)15-11(16)9-4-5-13-12(14-9)19-3/h4-6H,1-3H3,(H,15,16). The first kappa shape index (κ1) is 15.4. The summed E-state index contributed by atoms with van der Waals surface area (Å²) in [7, 11) is -2.57. The van der Waals surface area contributed by atoms with E-state index in [1.807, 2.05) is 4.72 Å². The van der Waals surface area contributed by atoms with Crippen molar-refractivity contribution >= 4 is 27.3 Å². The van der Waals surface area contributed by atoms with Crippen LogP contribution in [-0.2, 0) is 10.0 Å². The number of thiophene rings is 1. The minimum atomic E-state index is -3.93. The number of carbonyl (C=O) groups is 1. The lowest BCUT2D eigenvalue weighted by Gasteiger charge is -2.06. The van der Waals surface area contributed by atoms with Crippen LogP contribution in [0.15, 0.2) is 23.2 Å². The number of hydrogen-bond donors (Lipinski definition) is 1. The van der Waals surface area contributed by atoms with Crippen molar-refractivity contribution in [1.29, 1.82) is 0 Å². The second-order valence-electron chi connectivity index (χ2n) is 4.14. The van der Waals surface area contributed by atoms with E-state index in [0.29, 0.717) is 4.88 Å². The van der Waals surface area contributed by atoms with Crippen molar-refractivity contribution in [3.63, 3.8) is 0 Å². The summed E-state index contributed by atoms with van der Waals surface area (Å²) in [6, 6.07) is 2.82. The third-order valence-corrected chi connectivity index (χ3v) is 5.11. The van der Waals surface area contributed by atoms with Gasteiger partial charge in [0.2, 0.25) is 0 Å². The summed E-state index contributed by atoms with van der Waals surface area (Å²) in [5, 5.41) is 0. The minimum absolute atomic E-state index is 0.0115. The lowest BCUT2D eigenvalue weighted by atomic mass is 10.4. The van der Waals surface area contributed by atoms with E-state index in [1.165, 1.54) is 36.8 Å². The molecule has 0 saturated carbocycles. The van der Waals surface area contributed by atoms with Gasteiger partial charge in [-0.2, -0.15) is 4.98 Å². The maximum atomic E-state index is 12.2. The molecule has 21 heavy (non-hydrogen) atoms. The van der Waals surface area contributed by atoms with Crippen LogP contribution in [0.2, 0.25) is 0 Å². The molecule has 0 bridgehead atoms. The number of nitrogens with zero attached hydrogens (tertiary/aromatic N) is 2. The van der Waals surface area contributed by atoms with Gasteiger partial charge in [-0.05, 0) is 26.0 Å². The van der Waals surface area contributed by atoms with Crippen LogP contribution in [0.1, 0.15) is 20.2 Å². The molecule has 2 heterocycles. The van der Waals surface area contributed by atoms with Crippen molar-refractivity contribution in [3.8, 4) is 6.01 Å². The van der Waals surface area contributed by atoms with Crippen LogP contribution in [0.5, 0.6) is 6.01 Å². The van der Waals surface area contributed by atoms with Gasteiger partial charge < -0.3 is 4.74 Å². The number of sulfonamides is 1. The summed E-state index contributed by atoms with van der Waals surface area (Å²) < 4.78 is 31.2. The lowest BCUT2D eigenvalue weighted by Crippen LogP contribution is -2.31. The number of rotatable bonds is 4. The highest BCUT2D eigenvalue weighted by Gasteiger charge is 2.23. The molecular formula is C12H13N3O4S2. The van der Waals surface area contributed by atoms with Gasteiger partial charge in [-0.25, -0.2) is 18.1 Å². The Hall–Kier alpha value is -2.00. The van der Waals surface area contributed by atoms with Crippen molar-refractivity contribution in [1.82, 2.24) is 14.7 Å². The zero-order valence-corrected chi connectivity index (χ0v) is 13.2. The Bertz CT molecular complexity index is 784. The highest BCUT2D eigenvalue weighted by atomic mass is 32.2. The van der Waals surface area contributed by atoms with Gasteiger partial charge in [-0.3, -0.25) is 4.79 Å². The lowest BCUT2D eigenvalue weighted by molar-refractivity contribution is 0.0975. The van der Waals surface area contributed by atoms with Crippen molar-refractivity contribution < 1.29 is 17.9 Å². The molecule has 0 radical (unpaired) electrons. The zero-order valence-electron chi connectivity index (χ0n) is 11.6. The topological polar surface area (TPSA) is 98.2 Å². The first-order valence-electron chi connectivity index (χ1n) is 5.84. The van der Waals surface area contributed by atoms with Crippen molar-refractivity contribution in [2.75, 3.05) is 7.11 Å². The van der Waals surface area contributed by atoms with Gasteiger partial charge in [0, 0.05) is 16.0 Å². The molecule has 0 unspecified atom stereocenters. The Morgan fingerprint density at radius 2 is 2.10 bits per heavy atom. The number of aryl methyl sites for hydroxylation is 2. The number of hydrogen-bond acceptors (Lipinski definition) is 7. The molecule has 0 aliphatic carbocycles. The maximum Gasteiger partial charge on any atom is 0.316 e. The molecule has 1 N–H and O–H groups in total. The molecule has 1 amide bonds. The molecule has 2 rings (SSSR count). The van der Waals surface area contributed by atoms with Gasteiger partial charge in [-0.1, -0.05) is 0 Å². The van der Waals surface area contributed by atoms with Gasteiger partial charge in [0.1, 0.15) is 10.6 Å². The van der Waals surface area contributed by atoms with E-state index in [0.717, 1.165) is 4.88 Å². The predicted octanol–water partition coefficient (Wildman–Crippen LogP) is 1.28. The van der Waals surface area contributed by atoms with E-state index in [2.05, 4.69) is 9.97 Å². The number of nitrogens with one attached hydrogen (secondary N) is 1. The summed E-state index contributed by atoms with van der Waals surface area (Å²) >= 11 is 1.35. The fourth-order valence-electron chi connectivity index (χ4n) is 1.67. The molecule has 0 aliphatic rings. The molecule has 0 spiro atoms. The van der Waals surface area contributed by atoms with E-state index < -0.39 is 15.9 Å².